The number of nitrogens with zero attached hydrogens (tertiary/aromatic N) is 1. The van der Waals surface area contributed by atoms with Crippen molar-refractivity contribution in [3.05, 3.63) is 95.0 Å². The van der Waals surface area contributed by atoms with Gasteiger partial charge in [-0.1, -0.05) is 48.5 Å². The van der Waals surface area contributed by atoms with Crippen LogP contribution in [0.4, 0.5) is 5.69 Å². The molecule has 4 aromatic rings. The number of morpholine rings is 1. The highest BCUT2D eigenvalue weighted by atomic mass is 32.2. The van der Waals surface area contributed by atoms with E-state index in [1.165, 1.54) is 28.6 Å². The molecule has 1 aliphatic heterocycles. The van der Waals surface area contributed by atoms with Gasteiger partial charge in [-0.05, 0) is 35.9 Å². The van der Waals surface area contributed by atoms with Crippen LogP contribution in [-0.2, 0) is 14.8 Å². The minimum Gasteiger partial charge on any atom is -0.416 e. The van der Waals surface area contributed by atoms with Crippen molar-refractivity contribution < 1.29 is 22.4 Å². The number of nitrogens with one attached hydrogen (secondary N) is 1. The van der Waals surface area contributed by atoms with E-state index in [4.69, 9.17) is 9.15 Å². The fraction of sp³-hybridized carbons (Fsp3) is 0.154. The van der Waals surface area contributed by atoms with E-state index in [0.717, 1.165) is 5.56 Å². The molecule has 0 radical (unpaired) electrons. The number of rotatable bonds is 5. The Labute approximate surface area is 201 Å². The van der Waals surface area contributed by atoms with Gasteiger partial charge >= 0.3 is 5.63 Å². The smallest absolute Gasteiger partial charge is 0.344 e. The summed E-state index contributed by atoms with van der Waals surface area (Å²) in [5.41, 5.74) is 0.984. The molecule has 178 valence electrons. The highest BCUT2D eigenvalue weighted by Gasteiger charge is 2.26. The van der Waals surface area contributed by atoms with Gasteiger partial charge in [-0.2, -0.15) is 4.31 Å². The zero-order chi connectivity index (χ0) is 24.4. The van der Waals surface area contributed by atoms with Crippen molar-refractivity contribution in [2.24, 2.45) is 0 Å². The topological polar surface area (TPSA) is 106 Å². The second-order valence-electron chi connectivity index (χ2n) is 8.00. The molecular formula is C26H22N2O6S. The van der Waals surface area contributed by atoms with Crippen LogP contribution in [0.5, 0.6) is 0 Å². The maximum absolute atomic E-state index is 13.2. The van der Waals surface area contributed by atoms with Crippen LogP contribution < -0.4 is 10.9 Å². The van der Waals surface area contributed by atoms with Gasteiger partial charge in [0.15, 0.2) is 0 Å². The number of ether oxygens (including phenoxy) is 1. The standard InChI is InChI=1S/C26H22N2O6S/c29-25(27-19-10-12-20(13-11-19)35(31,32)28-14-16-33-17-15-28)24-23(18-6-2-1-3-7-18)21-8-4-5-9-22(21)26(30)34-24/h1-13H,14-17H2,(H,27,29). The Bertz CT molecular complexity index is 1540. The lowest BCUT2D eigenvalue weighted by molar-refractivity contribution is 0.0730. The van der Waals surface area contributed by atoms with Crippen LogP contribution in [0.3, 0.4) is 0 Å². The molecule has 0 atom stereocenters. The molecule has 0 aliphatic carbocycles. The van der Waals surface area contributed by atoms with Gasteiger partial charge in [-0.25, -0.2) is 13.2 Å². The number of hydrogen-bond donors (Lipinski definition) is 1. The molecule has 5 rings (SSSR count). The molecule has 0 unspecified atom stereocenters. The van der Waals surface area contributed by atoms with Crippen molar-refractivity contribution >= 4 is 32.4 Å². The van der Waals surface area contributed by atoms with E-state index in [2.05, 4.69) is 5.32 Å². The maximum atomic E-state index is 13.2. The highest BCUT2D eigenvalue weighted by Crippen LogP contribution is 2.31. The van der Waals surface area contributed by atoms with Gasteiger partial charge in [0.2, 0.25) is 15.8 Å². The Kier molecular flexibility index (Phi) is 6.21. The van der Waals surface area contributed by atoms with E-state index in [-0.39, 0.29) is 10.7 Å². The Morgan fingerprint density at radius 3 is 2.14 bits per heavy atom. The number of carbonyl (C=O) groups excluding carboxylic acids is 1. The van der Waals surface area contributed by atoms with Crippen molar-refractivity contribution in [1.82, 2.24) is 4.31 Å². The van der Waals surface area contributed by atoms with Crippen LogP contribution >= 0.6 is 0 Å². The molecule has 1 N–H and O–H groups in total. The normalized spacial score (nSPS) is 14.6. The van der Waals surface area contributed by atoms with Gasteiger partial charge in [0.25, 0.3) is 5.91 Å². The lowest BCUT2D eigenvalue weighted by Crippen LogP contribution is -2.40. The van der Waals surface area contributed by atoms with Crippen LogP contribution in [0.1, 0.15) is 10.6 Å². The first kappa shape index (κ1) is 23.0. The monoisotopic (exact) mass is 490 g/mol. The molecule has 9 heteroatoms. The fourth-order valence-corrected chi connectivity index (χ4v) is 5.49. The predicted octanol–water partition coefficient (Wildman–Crippen LogP) is 3.73. The second-order valence-corrected chi connectivity index (χ2v) is 9.94. The summed E-state index contributed by atoms with van der Waals surface area (Å²) in [6.45, 7) is 1.30. The summed E-state index contributed by atoms with van der Waals surface area (Å²) in [5, 5.41) is 3.70. The third-order valence-electron chi connectivity index (χ3n) is 5.83. The first-order chi connectivity index (χ1) is 16.9. The maximum Gasteiger partial charge on any atom is 0.344 e. The van der Waals surface area contributed by atoms with Crippen LogP contribution in [0.25, 0.3) is 21.9 Å². The van der Waals surface area contributed by atoms with Crippen molar-refractivity contribution in [2.45, 2.75) is 4.90 Å². The number of hydrogen-bond acceptors (Lipinski definition) is 6. The first-order valence-electron chi connectivity index (χ1n) is 11.1. The number of fused-ring (bicyclic) bond motifs is 1. The quantitative estimate of drug-likeness (QED) is 0.457. The van der Waals surface area contributed by atoms with Gasteiger partial charge in [0.1, 0.15) is 0 Å². The Hall–Kier alpha value is -3.79. The minimum absolute atomic E-state index is 0.120. The lowest BCUT2D eigenvalue weighted by atomic mass is 9.98. The SMILES string of the molecule is O=C(Nc1ccc(S(=O)(=O)N2CCOCC2)cc1)c1oc(=O)c2ccccc2c1-c1ccccc1. The molecule has 0 spiro atoms. The van der Waals surface area contributed by atoms with Gasteiger partial charge in [0, 0.05) is 29.7 Å². The third-order valence-corrected chi connectivity index (χ3v) is 7.74. The second kappa shape index (κ2) is 9.46. The minimum atomic E-state index is -3.65. The average Bonchev–Trinajstić information content (AvgIpc) is 2.90. The molecule has 2 heterocycles. The summed E-state index contributed by atoms with van der Waals surface area (Å²) in [7, 11) is -3.65. The molecule has 1 fully saturated rings. The van der Waals surface area contributed by atoms with Gasteiger partial charge in [0.05, 0.1) is 23.5 Å². The molecule has 35 heavy (non-hydrogen) atoms. The number of benzene rings is 3. The van der Waals surface area contributed by atoms with Crippen molar-refractivity contribution in [3.63, 3.8) is 0 Å². The van der Waals surface area contributed by atoms with Crippen molar-refractivity contribution in [1.29, 1.82) is 0 Å². The summed E-state index contributed by atoms with van der Waals surface area (Å²) in [6, 6.07) is 22.1. The van der Waals surface area contributed by atoms with E-state index >= 15 is 0 Å². The van der Waals surface area contributed by atoms with Gasteiger partial charge in [-0.3, -0.25) is 4.79 Å². The summed E-state index contributed by atoms with van der Waals surface area (Å²) < 4.78 is 37.8. The van der Waals surface area contributed by atoms with Gasteiger partial charge < -0.3 is 14.5 Å². The van der Waals surface area contributed by atoms with E-state index in [1.807, 2.05) is 30.3 Å². The number of amides is 1. The molecule has 3 aromatic carbocycles. The first-order valence-corrected chi connectivity index (χ1v) is 12.5. The zero-order valence-electron chi connectivity index (χ0n) is 18.6. The molecule has 8 nitrogen and oxygen atoms in total. The molecule has 1 amide bonds. The van der Waals surface area contributed by atoms with E-state index in [9.17, 15) is 18.0 Å². The molecule has 1 saturated heterocycles. The van der Waals surface area contributed by atoms with Crippen LogP contribution in [-0.4, -0.2) is 44.9 Å². The molecule has 1 aliphatic rings. The van der Waals surface area contributed by atoms with E-state index < -0.39 is 21.6 Å². The number of carbonyl (C=O) groups is 1. The molecule has 0 saturated carbocycles. The zero-order valence-corrected chi connectivity index (χ0v) is 19.5. The predicted molar refractivity (Wildman–Crippen MR) is 132 cm³/mol. The van der Waals surface area contributed by atoms with Gasteiger partial charge in [-0.15, -0.1) is 0 Å². The lowest BCUT2D eigenvalue weighted by Gasteiger charge is -2.26. The fourth-order valence-electron chi connectivity index (χ4n) is 4.09. The van der Waals surface area contributed by atoms with Crippen LogP contribution in [0, 0.1) is 0 Å². The highest BCUT2D eigenvalue weighted by molar-refractivity contribution is 7.89. The number of sulfonamides is 1. The Balaban J connectivity index is 1.48. The summed E-state index contributed by atoms with van der Waals surface area (Å²) in [6.07, 6.45) is 0. The molecular weight excluding hydrogens is 468 g/mol. The van der Waals surface area contributed by atoms with Crippen LogP contribution in [0.2, 0.25) is 0 Å². The van der Waals surface area contributed by atoms with Crippen LogP contribution in [0.15, 0.2) is 93.0 Å². The summed E-state index contributed by atoms with van der Waals surface area (Å²) >= 11 is 0. The molecule has 1 aromatic heterocycles. The Morgan fingerprint density at radius 2 is 1.46 bits per heavy atom. The van der Waals surface area contributed by atoms with E-state index in [0.29, 0.717) is 48.3 Å². The Morgan fingerprint density at radius 1 is 0.829 bits per heavy atom. The van der Waals surface area contributed by atoms with Crippen molar-refractivity contribution in [2.75, 3.05) is 31.6 Å². The largest absolute Gasteiger partial charge is 0.416 e. The summed E-state index contributed by atoms with van der Waals surface area (Å²) in [5.74, 6) is -0.736. The number of anilines is 1. The third kappa shape index (κ3) is 4.49. The summed E-state index contributed by atoms with van der Waals surface area (Å²) in [4.78, 5) is 26.0. The molecule has 0 bridgehead atoms. The van der Waals surface area contributed by atoms with E-state index in [1.54, 1.807) is 24.3 Å². The average molecular weight is 491 g/mol. The van der Waals surface area contributed by atoms with Crippen molar-refractivity contribution in [3.8, 4) is 11.1 Å².